The topological polar surface area (TPSA) is 80.1 Å². The fourth-order valence-corrected chi connectivity index (χ4v) is 6.61. The lowest BCUT2D eigenvalue weighted by molar-refractivity contribution is -0.130. The number of hydrogen-bond donors (Lipinski definition) is 1. The van der Waals surface area contributed by atoms with Gasteiger partial charge in [0.15, 0.2) is 0 Å². The first-order valence-corrected chi connectivity index (χ1v) is 12.6. The van der Waals surface area contributed by atoms with Gasteiger partial charge in [0.2, 0.25) is 5.91 Å². The van der Waals surface area contributed by atoms with E-state index < -0.39 is 5.69 Å². The third-order valence-corrected chi connectivity index (χ3v) is 8.26. The van der Waals surface area contributed by atoms with Gasteiger partial charge in [-0.25, -0.2) is 9.36 Å². The molecule has 1 amide bonds. The fraction of sp³-hybridized carbons (Fsp3) is 0.400. The van der Waals surface area contributed by atoms with Crippen LogP contribution < -0.4 is 11.2 Å². The number of thiophene rings is 1. The Labute approximate surface area is 194 Å². The number of H-pyrrole nitrogens is 1. The van der Waals surface area contributed by atoms with Gasteiger partial charge in [0.1, 0.15) is 4.83 Å². The Morgan fingerprint density at radius 3 is 2.70 bits per heavy atom. The zero-order valence-corrected chi connectivity index (χ0v) is 19.2. The molecule has 1 aliphatic carbocycles. The van der Waals surface area contributed by atoms with Gasteiger partial charge in [0.05, 0.1) is 11.1 Å². The molecule has 2 aliphatic rings. The third kappa shape index (κ3) is 3.44. The van der Waals surface area contributed by atoms with Crippen molar-refractivity contribution in [2.75, 3.05) is 13.1 Å². The molecule has 0 unspecified atom stereocenters. The second-order valence-corrected chi connectivity index (χ2v) is 10.2. The highest BCUT2D eigenvalue weighted by molar-refractivity contribution is 7.18. The monoisotopic (exact) mass is 462 g/mol. The molecule has 7 nitrogen and oxygen atoms in total. The molecule has 0 radical (unpaired) electrons. The highest BCUT2D eigenvalue weighted by Gasteiger charge is 2.22. The van der Waals surface area contributed by atoms with Gasteiger partial charge in [0.25, 0.3) is 5.56 Å². The van der Waals surface area contributed by atoms with Gasteiger partial charge in [0, 0.05) is 48.0 Å². The predicted octanol–water partition coefficient (Wildman–Crippen LogP) is 3.59. The Bertz CT molecular complexity index is 1500. The SMILES string of the molecule is O=C(CCn1ccc2cc(-n3c(=O)[nH]c4sc5c(c4c3=O)CCCC5)ccc21)N1CCCC1. The van der Waals surface area contributed by atoms with Crippen LogP contribution in [-0.4, -0.2) is 38.0 Å². The van der Waals surface area contributed by atoms with E-state index in [0.717, 1.165) is 68.1 Å². The lowest BCUT2D eigenvalue weighted by Gasteiger charge is -2.15. The van der Waals surface area contributed by atoms with E-state index >= 15 is 0 Å². The molecular formula is C25H26N4O3S. The van der Waals surface area contributed by atoms with Gasteiger partial charge in [-0.1, -0.05) is 0 Å². The van der Waals surface area contributed by atoms with Crippen LogP contribution in [0.5, 0.6) is 0 Å². The number of likely N-dealkylation sites (tertiary alicyclic amines) is 1. The number of rotatable bonds is 4. The quantitative estimate of drug-likeness (QED) is 0.503. The average Bonchev–Trinajstić information content (AvgIpc) is 3.55. The number of fused-ring (bicyclic) bond motifs is 4. The van der Waals surface area contributed by atoms with E-state index in [1.54, 1.807) is 11.3 Å². The van der Waals surface area contributed by atoms with E-state index in [1.807, 2.05) is 35.4 Å². The molecule has 1 aliphatic heterocycles. The zero-order valence-electron chi connectivity index (χ0n) is 18.4. The van der Waals surface area contributed by atoms with Gasteiger partial charge >= 0.3 is 5.69 Å². The standard InChI is InChI=1S/C25H26N4O3S/c30-21(28-11-3-4-12-28)10-14-27-13-9-16-15-17(7-8-19(16)27)29-24(31)22-18-5-1-2-6-20(18)33-23(22)26-25(29)32/h7-9,13,15H,1-6,10-12,14H2,(H,26,32). The zero-order chi connectivity index (χ0) is 22.5. The van der Waals surface area contributed by atoms with Crippen molar-refractivity contribution >= 4 is 38.4 Å². The molecule has 8 heteroatoms. The number of aromatic amines is 1. The fourth-order valence-electron chi connectivity index (χ4n) is 5.33. The maximum atomic E-state index is 13.4. The van der Waals surface area contributed by atoms with Gasteiger partial charge in [-0.3, -0.25) is 14.6 Å². The molecule has 0 bridgehead atoms. The summed E-state index contributed by atoms with van der Waals surface area (Å²) in [5, 5.41) is 1.62. The maximum Gasteiger partial charge on any atom is 0.334 e. The predicted molar refractivity (Wildman–Crippen MR) is 131 cm³/mol. The summed E-state index contributed by atoms with van der Waals surface area (Å²) in [6.07, 6.45) is 8.73. The van der Waals surface area contributed by atoms with Gasteiger partial charge in [-0.05, 0) is 68.4 Å². The van der Waals surface area contributed by atoms with Crippen LogP contribution in [0.15, 0.2) is 40.1 Å². The van der Waals surface area contributed by atoms with Crippen LogP contribution in [0.2, 0.25) is 0 Å². The van der Waals surface area contributed by atoms with E-state index in [-0.39, 0.29) is 11.5 Å². The highest BCUT2D eigenvalue weighted by Crippen LogP contribution is 2.33. The number of benzene rings is 1. The Morgan fingerprint density at radius 2 is 1.85 bits per heavy atom. The summed E-state index contributed by atoms with van der Waals surface area (Å²) >= 11 is 1.55. The second-order valence-electron chi connectivity index (χ2n) is 9.08. The summed E-state index contributed by atoms with van der Waals surface area (Å²) in [4.78, 5) is 45.5. The van der Waals surface area contributed by atoms with Crippen molar-refractivity contribution in [1.82, 2.24) is 19.0 Å². The molecule has 33 heavy (non-hydrogen) atoms. The molecule has 0 atom stereocenters. The van der Waals surface area contributed by atoms with Gasteiger partial charge in [-0.15, -0.1) is 11.3 Å². The first-order valence-electron chi connectivity index (χ1n) is 11.8. The summed E-state index contributed by atoms with van der Waals surface area (Å²) in [6.45, 7) is 2.36. The van der Waals surface area contributed by atoms with Crippen LogP contribution >= 0.6 is 11.3 Å². The van der Waals surface area contributed by atoms with Crippen LogP contribution in [0.3, 0.4) is 0 Å². The van der Waals surface area contributed by atoms with Crippen molar-refractivity contribution in [2.45, 2.75) is 51.5 Å². The smallest absolute Gasteiger partial charge is 0.334 e. The van der Waals surface area contributed by atoms with Crippen LogP contribution in [0.1, 0.15) is 42.5 Å². The van der Waals surface area contributed by atoms with E-state index in [0.29, 0.717) is 28.9 Å². The van der Waals surface area contributed by atoms with Crippen molar-refractivity contribution in [3.63, 3.8) is 0 Å². The minimum atomic E-state index is -0.402. The lowest BCUT2D eigenvalue weighted by Crippen LogP contribution is -2.33. The van der Waals surface area contributed by atoms with Gasteiger partial charge in [-0.2, -0.15) is 0 Å². The Morgan fingerprint density at radius 1 is 1.03 bits per heavy atom. The van der Waals surface area contributed by atoms with Crippen LogP contribution in [0.4, 0.5) is 0 Å². The average molecular weight is 463 g/mol. The van der Waals surface area contributed by atoms with Crippen LogP contribution in [0, 0.1) is 0 Å². The molecule has 0 saturated carbocycles. The minimum absolute atomic E-state index is 0.205. The number of nitrogens with one attached hydrogen (secondary N) is 1. The number of hydrogen-bond acceptors (Lipinski definition) is 4. The largest absolute Gasteiger partial charge is 0.347 e. The maximum absolute atomic E-state index is 13.4. The van der Waals surface area contributed by atoms with Gasteiger partial charge < -0.3 is 9.47 Å². The lowest BCUT2D eigenvalue weighted by atomic mass is 9.97. The van der Waals surface area contributed by atoms with Crippen molar-refractivity contribution in [2.24, 2.45) is 0 Å². The summed E-state index contributed by atoms with van der Waals surface area (Å²) < 4.78 is 3.33. The first-order chi connectivity index (χ1) is 16.1. The number of nitrogens with zero attached hydrogens (tertiary/aromatic N) is 3. The number of amides is 1. The Kier molecular flexibility index (Phi) is 4.98. The number of carbonyl (C=O) groups excluding carboxylic acids is 1. The van der Waals surface area contributed by atoms with Crippen molar-refractivity contribution in [1.29, 1.82) is 0 Å². The third-order valence-electron chi connectivity index (χ3n) is 7.05. The highest BCUT2D eigenvalue weighted by atomic mass is 32.1. The molecule has 1 fully saturated rings. The molecule has 1 saturated heterocycles. The number of aryl methyl sites for hydroxylation is 3. The molecule has 170 valence electrons. The molecular weight excluding hydrogens is 436 g/mol. The molecule has 0 spiro atoms. The van der Waals surface area contributed by atoms with Crippen molar-refractivity contribution < 1.29 is 4.79 Å². The van der Waals surface area contributed by atoms with Crippen molar-refractivity contribution in [3.8, 4) is 5.69 Å². The number of carbonyl (C=O) groups is 1. The summed E-state index contributed by atoms with van der Waals surface area (Å²) in [7, 11) is 0. The number of aromatic nitrogens is 3. The van der Waals surface area contributed by atoms with E-state index in [9.17, 15) is 14.4 Å². The molecule has 1 N–H and O–H groups in total. The van der Waals surface area contributed by atoms with Crippen LogP contribution in [-0.2, 0) is 24.2 Å². The van der Waals surface area contributed by atoms with Crippen LogP contribution in [0.25, 0.3) is 26.8 Å². The normalized spacial score (nSPS) is 16.1. The molecule has 6 rings (SSSR count). The molecule has 3 aromatic heterocycles. The first kappa shape index (κ1) is 20.5. The van der Waals surface area contributed by atoms with E-state index in [1.165, 1.54) is 9.44 Å². The molecule has 4 aromatic rings. The summed E-state index contributed by atoms with van der Waals surface area (Å²) in [5.41, 5.74) is 2.04. The summed E-state index contributed by atoms with van der Waals surface area (Å²) in [5.74, 6) is 0.205. The summed E-state index contributed by atoms with van der Waals surface area (Å²) in [6, 6.07) is 7.62. The Hall–Kier alpha value is -3.13. The Balaban J connectivity index is 1.35. The van der Waals surface area contributed by atoms with Crippen molar-refractivity contribution in [3.05, 3.63) is 61.7 Å². The minimum Gasteiger partial charge on any atom is -0.347 e. The van der Waals surface area contributed by atoms with E-state index in [2.05, 4.69) is 9.55 Å². The molecule has 1 aromatic carbocycles. The molecule has 4 heterocycles. The second kappa shape index (κ2) is 8.02. The van der Waals surface area contributed by atoms with E-state index in [4.69, 9.17) is 0 Å².